The Balaban J connectivity index is 2.05. The van der Waals surface area contributed by atoms with Crippen molar-refractivity contribution in [3.05, 3.63) is 33.8 Å². The number of nitrogens with one attached hydrogen (secondary N) is 1. The van der Waals surface area contributed by atoms with Gasteiger partial charge in [0.2, 0.25) is 0 Å². The number of halogens is 2. The summed E-state index contributed by atoms with van der Waals surface area (Å²) in [6, 6.07) is 6.73. The van der Waals surface area contributed by atoms with Gasteiger partial charge in [-0.15, -0.1) is 0 Å². The third-order valence-corrected chi connectivity index (χ3v) is 4.80. The lowest BCUT2D eigenvalue weighted by Crippen LogP contribution is -2.44. The Morgan fingerprint density at radius 2 is 2.15 bits per heavy atom. The van der Waals surface area contributed by atoms with Gasteiger partial charge in [0.15, 0.2) is 0 Å². The van der Waals surface area contributed by atoms with Crippen LogP contribution in [0.1, 0.15) is 44.7 Å². The maximum atomic E-state index is 6.34. The zero-order valence-corrected chi connectivity index (χ0v) is 13.8. The first-order valence-electron chi connectivity index (χ1n) is 7.54. The van der Waals surface area contributed by atoms with E-state index >= 15 is 0 Å². The quantitative estimate of drug-likeness (QED) is 0.859. The SMILES string of the molecule is CCN(CC1CCCCN1)C(C)c1ccc(Cl)cc1Cl. The van der Waals surface area contributed by atoms with Gasteiger partial charge in [0.1, 0.15) is 0 Å². The van der Waals surface area contributed by atoms with Crippen molar-refractivity contribution < 1.29 is 0 Å². The number of likely N-dealkylation sites (N-methyl/N-ethyl adjacent to an activating group) is 1. The molecule has 1 aromatic rings. The number of benzene rings is 1. The van der Waals surface area contributed by atoms with Crippen molar-refractivity contribution in [2.24, 2.45) is 0 Å². The summed E-state index contributed by atoms with van der Waals surface area (Å²) < 4.78 is 0. The molecule has 0 aliphatic carbocycles. The van der Waals surface area contributed by atoms with Crippen LogP contribution in [0.2, 0.25) is 10.0 Å². The van der Waals surface area contributed by atoms with Gasteiger partial charge in [0.25, 0.3) is 0 Å². The molecule has 2 unspecified atom stereocenters. The van der Waals surface area contributed by atoms with Crippen LogP contribution in [0.15, 0.2) is 18.2 Å². The summed E-state index contributed by atoms with van der Waals surface area (Å²) in [5, 5.41) is 5.08. The molecule has 2 atom stereocenters. The van der Waals surface area contributed by atoms with Crippen molar-refractivity contribution in [2.45, 2.75) is 45.2 Å². The lowest BCUT2D eigenvalue weighted by atomic mass is 10.0. The highest BCUT2D eigenvalue weighted by Gasteiger charge is 2.21. The topological polar surface area (TPSA) is 15.3 Å². The summed E-state index contributed by atoms with van der Waals surface area (Å²) in [5.41, 5.74) is 1.16. The Morgan fingerprint density at radius 3 is 2.75 bits per heavy atom. The lowest BCUT2D eigenvalue weighted by Gasteiger charge is -2.34. The fourth-order valence-corrected chi connectivity index (χ4v) is 3.53. The lowest BCUT2D eigenvalue weighted by molar-refractivity contribution is 0.184. The number of rotatable bonds is 5. The van der Waals surface area contributed by atoms with Crippen LogP contribution < -0.4 is 5.32 Å². The molecule has 112 valence electrons. The summed E-state index contributed by atoms with van der Waals surface area (Å²) in [4.78, 5) is 2.48. The summed E-state index contributed by atoms with van der Waals surface area (Å²) >= 11 is 12.3. The minimum atomic E-state index is 0.313. The molecular formula is C16H24Cl2N2. The predicted molar refractivity (Wildman–Crippen MR) is 87.8 cm³/mol. The van der Waals surface area contributed by atoms with Crippen LogP contribution in [-0.4, -0.2) is 30.6 Å². The van der Waals surface area contributed by atoms with Gasteiger partial charge >= 0.3 is 0 Å². The molecule has 1 saturated heterocycles. The Hall–Kier alpha value is -0.280. The van der Waals surface area contributed by atoms with E-state index in [2.05, 4.69) is 24.1 Å². The molecule has 2 rings (SSSR count). The second kappa shape index (κ2) is 7.65. The van der Waals surface area contributed by atoms with Crippen LogP contribution in [-0.2, 0) is 0 Å². The van der Waals surface area contributed by atoms with E-state index in [9.17, 15) is 0 Å². The molecule has 0 spiro atoms. The molecule has 0 radical (unpaired) electrons. The highest BCUT2D eigenvalue weighted by Crippen LogP contribution is 2.30. The molecule has 0 amide bonds. The number of hydrogen-bond acceptors (Lipinski definition) is 2. The smallest absolute Gasteiger partial charge is 0.0468 e. The van der Waals surface area contributed by atoms with Crippen molar-refractivity contribution in [3.63, 3.8) is 0 Å². The molecule has 1 aromatic carbocycles. The van der Waals surface area contributed by atoms with Gasteiger partial charge < -0.3 is 5.32 Å². The summed E-state index contributed by atoms with van der Waals surface area (Å²) in [6.45, 7) is 7.69. The molecule has 0 bridgehead atoms. The van der Waals surface area contributed by atoms with E-state index in [1.54, 1.807) is 0 Å². The molecule has 2 nitrogen and oxygen atoms in total. The van der Waals surface area contributed by atoms with Crippen molar-refractivity contribution in [1.82, 2.24) is 10.2 Å². The normalized spacial score (nSPS) is 21.1. The van der Waals surface area contributed by atoms with E-state index < -0.39 is 0 Å². The van der Waals surface area contributed by atoms with Gasteiger partial charge in [0, 0.05) is 28.7 Å². The van der Waals surface area contributed by atoms with E-state index in [-0.39, 0.29) is 0 Å². The fraction of sp³-hybridized carbons (Fsp3) is 0.625. The largest absolute Gasteiger partial charge is 0.313 e. The Morgan fingerprint density at radius 1 is 1.35 bits per heavy atom. The number of hydrogen-bond donors (Lipinski definition) is 1. The van der Waals surface area contributed by atoms with Crippen LogP contribution >= 0.6 is 23.2 Å². The van der Waals surface area contributed by atoms with Gasteiger partial charge in [-0.2, -0.15) is 0 Å². The average Bonchev–Trinajstić information content (AvgIpc) is 2.45. The van der Waals surface area contributed by atoms with Crippen LogP contribution in [0.4, 0.5) is 0 Å². The van der Waals surface area contributed by atoms with Crippen LogP contribution in [0, 0.1) is 0 Å². The second-order valence-electron chi connectivity index (χ2n) is 5.58. The average molecular weight is 315 g/mol. The molecule has 0 aromatic heterocycles. The maximum Gasteiger partial charge on any atom is 0.0468 e. The predicted octanol–water partition coefficient (Wildman–Crippen LogP) is 4.52. The fourth-order valence-electron chi connectivity index (χ4n) is 2.96. The first-order valence-corrected chi connectivity index (χ1v) is 8.29. The summed E-state index contributed by atoms with van der Waals surface area (Å²) in [5.74, 6) is 0. The zero-order valence-electron chi connectivity index (χ0n) is 12.3. The molecule has 20 heavy (non-hydrogen) atoms. The second-order valence-corrected chi connectivity index (χ2v) is 6.42. The van der Waals surface area contributed by atoms with Crippen molar-refractivity contribution in [3.8, 4) is 0 Å². The zero-order chi connectivity index (χ0) is 14.5. The first-order chi connectivity index (χ1) is 9.61. The molecule has 1 aliphatic heterocycles. The van der Waals surface area contributed by atoms with Crippen molar-refractivity contribution in [1.29, 1.82) is 0 Å². The molecule has 1 fully saturated rings. The monoisotopic (exact) mass is 314 g/mol. The van der Waals surface area contributed by atoms with Crippen LogP contribution in [0.5, 0.6) is 0 Å². The number of piperidine rings is 1. The van der Waals surface area contributed by atoms with E-state index in [4.69, 9.17) is 23.2 Å². The third kappa shape index (κ3) is 4.11. The van der Waals surface area contributed by atoms with Crippen LogP contribution in [0.25, 0.3) is 0 Å². The third-order valence-electron chi connectivity index (χ3n) is 4.23. The van der Waals surface area contributed by atoms with Crippen molar-refractivity contribution >= 4 is 23.2 Å². The number of nitrogens with zero attached hydrogens (tertiary/aromatic N) is 1. The first kappa shape index (κ1) is 16.1. The summed E-state index contributed by atoms with van der Waals surface area (Å²) in [7, 11) is 0. The maximum absolute atomic E-state index is 6.34. The molecule has 1 aliphatic rings. The van der Waals surface area contributed by atoms with E-state index in [1.165, 1.54) is 19.3 Å². The molecule has 4 heteroatoms. The van der Waals surface area contributed by atoms with E-state index in [1.807, 2.05) is 18.2 Å². The molecule has 1 N–H and O–H groups in total. The highest BCUT2D eigenvalue weighted by molar-refractivity contribution is 6.35. The van der Waals surface area contributed by atoms with Gasteiger partial charge in [-0.1, -0.05) is 42.6 Å². The van der Waals surface area contributed by atoms with Gasteiger partial charge in [-0.3, -0.25) is 4.90 Å². The highest BCUT2D eigenvalue weighted by atomic mass is 35.5. The Bertz CT molecular complexity index is 430. The van der Waals surface area contributed by atoms with Crippen LogP contribution in [0.3, 0.4) is 0 Å². The minimum absolute atomic E-state index is 0.313. The molecule has 1 heterocycles. The standard InChI is InChI=1S/C16H24Cl2N2/c1-3-20(11-14-6-4-5-9-19-14)12(2)15-8-7-13(17)10-16(15)18/h7-8,10,12,14,19H,3-6,9,11H2,1-2H3. The molecule has 0 saturated carbocycles. The minimum Gasteiger partial charge on any atom is -0.313 e. The van der Waals surface area contributed by atoms with Gasteiger partial charge in [-0.05, 0) is 50.6 Å². The Labute approximate surface area is 132 Å². The summed E-state index contributed by atoms with van der Waals surface area (Å²) in [6.07, 6.45) is 3.92. The van der Waals surface area contributed by atoms with Gasteiger partial charge in [-0.25, -0.2) is 0 Å². The van der Waals surface area contributed by atoms with Crippen molar-refractivity contribution in [2.75, 3.05) is 19.6 Å². The van der Waals surface area contributed by atoms with Gasteiger partial charge in [0.05, 0.1) is 0 Å². The van der Waals surface area contributed by atoms with E-state index in [0.717, 1.165) is 30.2 Å². The molecular weight excluding hydrogens is 291 g/mol. The van der Waals surface area contributed by atoms with E-state index in [0.29, 0.717) is 17.1 Å². The Kier molecular flexibility index (Phi) is 6.16.